The first-order chi connectivity index (χ1) is 10.1. The number of aromatic amines is 2. The van der Waals surface area contributed by atoms with Crippen LogP contribution in [0.4, 0.5) is 5.69 Å². The van der Waals surface area contributed by atoms with Gasteiger partial charge in [0.25, 0.3) is 0 Å². The number of benzene rings is 1. The van der Waals surface area contributed by atoms with Gasteiger partial charge in [-0.2, -0.15) is 0 Å². The van der Waals surface area contributed by atoms with Crippen molar-refractivity contribution in [3.8, 4) is 0 Å². The molecule has 1 aromatic carbocycles. The summed E-state index contributed by atoms with van der Waals surface area (Å²) in [5.41, 5.74) is 0.231. The van der Waals surface area contributed by atoms with Crippen molar-refractivity contribution < 1.29 is 4.79 Å². The summed E-state index contributed by atoms with van der Waals surface area (Å²) in [4.78, 5) is 39.7. The Morgan fingerprint density at radius 3 is 2.43 bits per heavy atom. The van der Waals surface area contributed by atoms with E-state index in [9.17, 15) is 14.4 Å². The Hall–Kier alpha value is -2.41. The van der Waals surface area contributed by atoms with Crippen molar-refractivity contribution in [3.63, 3.8) is 0 Å². The molecular formula is C14H16N4O3. The molecule has 3 rings (SSSR count). The number of hydrogen-bond donors (Lipinski definition) is 4. The van der Waals surface area contributed by atoms with Crippen molar-refractivity contribution in [2.24, 2.45) is 5.92 Å². The van der Waals surface area contributed by atoms with Gasteiger partial charge in [-0.15, -0.1) is 0 Å². The number of anilines is 1. The third kappa shape index (κ3) is 2.87. The summed E-state index contributed by atoms with van der Waals surface area (Å²) >= 11 is 0. The number of hydrogen-bond acceptors (Lipinski definition) is 4. The SMILES string of the molecule is O=C(Nc1ccc2[nH]c(=O)c(=O)[nH]c2c1)C1CCNCC1. The van der Waals surface area contributed by atoms with Crippen LogP contribution >= 0.6 is 0 Å². The number of rotatable bonds is 2. The van der Waals surface area contributed by atoms with E-state index in [1.807, 2.05) is 0 Å². The average molecular weight is 288 g/mol. The zero-order valence-electron chi connectivity index (χ0n) is 11.4. The van der Waals surface area contributed by atoms with Crippen LogP contribution in [0.5, 0.6) is 0 Å². The molecule has 7 nitrogen and oxygen atoms in total. The van der Waals surface area contributed by atoms with E-state index < -0.39 is 11.1 Å². The number of piperidine rings is 1. The molecule has 1 aliphatic rings. The van der Waals surface area contributed by atoms with Crippen molar-refractivity contribution in [2.45, 2.75) is 12.8 Å². The van der Waals surface area contributed by atoms with E-state index in [-0.39, 0.29) is 11.8 Å². The smallest absolute Gasteiger partial charge is 0.314 e. The molecule has 0 bridgehead atoms. The Labute approximate surface area is 119 Å². The van der Waals surface area contributed by atoms with E-state index in [0.29, 0.717) is 16.7 Å². The average Bonchev–Trinajstić information content (AvgIpc) is 2.49. The molecule has 1 amide bonds. The van der Waals surface area contributed by atoms with Crippen molar-refractivity contribution in [1.29, 1.82) is 0 Å². The Morgan fingerprint density at radius 1 is 1.05 bits per heavy atom. The second-order valence-corrected chi connectivity index (χ2v) is 5.18. The molecule has 0 unspecified atom stereocenters. The molecule has 110 valence electrons. The number of carbonyl (C=O) groups is 1. The van der Waals surface area contributed by atoms with Gasteiger partial charge in [-0.05, 0) is 44.1 Å². The molecule has 7 heteroatoms. The van der Waals surface area contributed by atoms with Crippen molar-refractivity contribution >= 4 is 22.6 Å². The van der Waals surface area contributed by atoms with Crippen molar-refractivity contribution in [1.82, 2.24) is 15.3 Å². The maximum absolute atomic E-state index is 12.2. The van der Waals surface area contributed by atoms with Gasteiger partial charge < -0.3 is 20.6 Å². The predicted molar refractivity (Wildman–Crippen MR) is 79.4 cm³/mol. The fourth-order valence-electron chi connectivity index (χ4n) is 2.52. The number of H-pyrrole nitrogens is 2. The van der Waals surface area contributed by atoms with Crippen LogP contribution < -0.4 is 21.8 Å². The fraction of sp³-hybridized carbons (Fsp3) is 0.357. The number of fused-ring (bicyclic) bond motifs is 1. The minimum absolute atomic E-state index is 0.0107. The van der Waals surface area contributed by atoms with Crippen LogP contribution in [0.2, 0.25) is 0 Å². The quantitative estimate of drug-likeness (QED) is 0.590. The Balaban J connectivity index is 1.84. The molecule has 4 N–H and O–H groups in total. The van der Waals surface area contributed by atoms with Gasteiger partial charge in [-0.3, -0.25) is 14.4 Å². The number of aromatic nitrogens is 2. The van der Waals surface area contributed by atoms with Crippen molar-refractivity contribution in [2.75, 3.05) is 18.4 Å². The van der Waals surface area contributed by atoms with Crippen LogP contribution in [-0.4, -0.2) is 29.0 Å². The van der Waals surface area contributed by atoms with Crippen LogP contribution in [0.1, 0.15) is 12.8 Å². The van der Waals surface area contributed by atoms with E-state index in [2.05, 4.69) is 20.6 Å². The summed E-state index contributed by atoms with van der Waals surface area (Å²) in [7, 11) is 0. The lowest BCUT2D eigenvalue weighted by Gasteiger charge is -2.21. The second kappa shape index (κ2) is 5.53. The number of carbonyl (C=O) groups excluding carboxylic acids is 1. The molecular weight excluding hydrogens is 272 g/mol. The molecule has 1 aromatic heterocycles. The van der Waals surface area contributed by atoms with Gasteiger partial charge >= 0.3 is 11.1 Å². The molecule has 0 saturated carbocycles. The van der Waals surface area contributed by atoms with E-state index >= 15 is 0 Å². The lowest BCUT2D eigenvalue weighted by atomic mass is 9.97. The van der Waals surface area contributed by atoms with Gasteiger partial charge in [0.1, 0.15) is 0 Å². The molecule has 0 atom stereocenters. The van der Waals surface area contributed by atoms with E-state index in [1.165, 1.54) is 0 Å². The molecule has 0 radical (unpaired) electrons. The zero-order chi connectivity index (χ0) is 14.8. The van der Waals surface area contributed by atoms with Crippen LogP contribution in [0.25, 0.3) is 11.0 Å². The fourth-order valence-corrected chi connectivity index (χ4v) is 2.52. The molecule has 2 aromatic rings. The van der Waals surface area contributed by atoms with Gasteiger partial charge in [0.15, 0.2) is 0 Å². The Bertz CT molecular complexity index is 787. The summed E-state index contributed by atoms with van der Waals surface area (Å²) in [6.45, 7) is 1.70. The molecule has 1 aliphatic heterocycles. The van der Waals surface area contributed by atoms with E-state index in [1.54, 1.807) is 18.2 Å². The summed E-state index contributed by atoms with van der Waals surface area (Å²) in [5, 5.41) is 6.07. The standard InChI is InChI=1S/C14H16N4O3/c19-12(8-3-5-15-6-4-8)16-9-1-2-10-11(7-9)18-14(21)13(20)17-10/h1-2,7-8,15H,3-6H2,(H,16,19)(H,17,20)(H,18,21). The second-order valence-electron chi connectivity index (χ2n) is 5.18. The molecule has 21 heavy (non-hydrogen) atoms. The predicted octanol–water partition coefficient (Wildman–Crippen LogP) is 0.154. The van der Waals surface area contributed by atoms with Gasteiger partial charge in [0.05, 0.1) is 11.0 Å². The Kier molecular flexibility index (Phi) is 3.57. The molecule has 0 aliphatic carbocycles. The van der Waals surface area contributed by atoms with Crippen LogP contribution in [-0.2, 0) is 4.79 Å². The zero-order valence-corrected chi connectivity index (χ0v) is 11.4. The highest BCUT2D eigenvalue weighted by Crippen LogP contribution is 2.17. The van der Waals surface area contributed by atoms with Gasteiger partial charge in [-0.1, -0.05) is 0 Å². The number of nitrogens with one attached hydrogen (secondary N) is 4. The minimum atomic E-state index is -0.704. The third-order valence-electron chi connectivity index (χ3n) is 3.70. The first-order valence-electron chi connectivity index (χ1n) is 6.91. The van der Waals surface area contributed by atoms with E-state index in [0.717, 1.165) is 25.9 Å². The van der Waals surface area contributed by atoms with Crippen LogP contribution in [0.3, 0.4) is 0 Å². The first kappa shape index (κ1) is 13.6. The molecule has 1 saturated heterocycles. The molecule has 1 fully saturated rings. The lowest BCUT2D eigenvalue weighted by molar-refractivity contribution is -0.120. The van der Waals surface area contributed by atoms with Gasteiger partial charge in [0.2, 0.25) is 5.91 Å². The highest BCUT2D eigenvalue weighted by Gasteiger charge is 2.20. The van der Waals surface area contributed by atoms with Gasteiger partial charge in [0, 0.05) is 11.6 Å². The summed E-state index contributed by atoms with van der Waals surface area (Å²) < 4.78 is 0. The third-order valence-corrected chi connectivity index (χ3v) is 3.70. The van der Waals surface area contributed by atoms with Crippen molar-refractivity contribution in [3.05, 3.63) is 38.9 Å². The lowest BCUT2D eigenvalue weighted by Crippen LogP contribution is -2.34. The number of amides is 1. The highest BCUT2D eigenvalue weighted by atomic mass is 16.2. The normalized spacial score (nSPS) is 16.0. The maximum atomic E-state index is 12.2. The van der Waals surface area contributed by atoms with Crippen LogP contribution in [0, 0.1) is 5.92 Å². The van der Waals surface area contributed by atoms with Gasteiger partial charge in [-0.25, -0.2) is 0 Å². The minimum Gasteiger partial charge on any atom is -0.326 e. The topological polar surface area (TPSA) is 107 Å². The summed E-state index contributed by atoms with van der Waals surface area (Å²) in [6, 6.07) is 5.01. The monoisotopic (exact) mass is 288 g/mol. The first-order valence-corrected chi connectivity index (χ1v) is 6.91. The summed E-state index contributed by atoms with van der Waals surface area (Å²) in [6.07, 6.45) is 1.65. The maximum Gasteiger partial charge on any atom is 0.314 e. The highest BCUT2D eigenvalue weighted by molar-refractivity contribution is 5.94. The largest absolute Gasteiger partial charge is 0.326 e. The molecule has 2 heterocycles. The van der Waals surface area contributed by atoms with E-state index in [4.69, 9.17) is 0 Å². The van der Waals surface area contributed by atoms with Crippen LogP contribution in [0.15, 0.2) is 27.8 Å². The summed E-state index contributed by atoms with van der Waals surface area (Å²) in [5.74, 6) is -0.000743. The Morgan fingerprint density at radius 2 is 1.71 bits per heavy atom. The molecule has 0 spiro atoms.